The van der Waals surface area contributed by atoms with Crippen LogP contribution < -0.4 is 9.47 Å². The SMILES string of the molecule is CC[C@H](C)Oc1ccc(OC)cc1C(C)=O. The maximum absolute atomic E-state index is 11.5. The van der Waals surface area contributed by atoms with Crippen molar-refractivity contribution in [1.82, 2.24) is 0 Å². The molecule has 1 aromatic rings. The lowest BCUT2D eigenvalue weighted by molar-refractivity contribution is 0.101. The number of benzene rings is 1. The van der Waals surface area contributed by atoms with Gasteiger partial charge in [0.05, 0.1) is 18.8 Å². The fourth-order valence-corrected chi connectivity index (χ4v) is 1.31. The fraction of sp³-hybridized carbons (Fsp3) is 0.462. The van der Waals surface area contributed by atoms with E-state index < -0.39 is 0 Å². The molecule has 0 aliphatic carbocycles. The van der Waals surface area contributed by atoms with E-state index in [1.165, 1.54) is 6.92 Å². The number of hydrogen-bond acceptors (Lipinski definition) is 3. The Morgan fingerprint density at radius 3 is 2.62 bits per heavy atom. The highest BCUT2D eigenvalue weighted by atomic mass is 16.5. The van der Waals surface area contributed by atoms with Crippen molar-refractivity contribution in [2.24, 2.45) is 0 Å². The van der Waals surface area contributed by atoms with Gasteiger partial charge in [-0.1, -0.05) is 6.92 Å². The molecule has 1 aromatic carbocycles. The summed E-state index contributed by atoms with van der Waals surface area (Å²) in [4.78, 5) is 11.5. The molecular formula is C13H18O3. The maximum Gasteiger partial charge on any atom is 0.163 e. The van der Waals surface area contributed by atoms with Gasteiger partial charge in [-0.15, -0.1) is 0 Å². The van der Waals surface area contributed by atoms with E-state index in [0.29, 0.717) is 17.1 Å². The van der Waals surface area contributed by atoms with Crippen molar-refractivity contribution < 1.29 is 14.3 Å². The first-order valence-corrected chi connectivity index (χ1v) is 5.44. The summed E-state index contributed by atoms with van der Waals surface area (Å²) in [7, 11) is 1.58. The summed E-state index contributed by atoms with van der Waals surface area (Å²) in [5.74, 6) is 1.28. The van der Waals surface area contributed by atoms with E-state index in [1.54, 1.807) is 25.3 Å². The highest BCUT2D eigenvalue weighted by Gasteiger charge is 2.12. The lowest BCUT2D eigenvalue weighted by Crippen LogP contribution is -2.12. The molecule has 0 spiro atoms. The number of carbonyl (C=O) groups excluding carboxylic acids is 1. The molecule has 0 aliphatic heterocycles. The summed E-state index contributed by atoms with van der Waals surface area (Å²) >= 11 is 0. The molecule has 3 heteroatoms. The first-order chi connectivity index (χ1) is 7.58. The Bertz CT molecular complexity index is 371. The third-order valence-electron chi connectivity index (χ3n) is 2.47. The molecule has 0 saturated carbocycles. The molecule has 88 valence electrons. The van der Waals surface area contributed by atoms with E-state index in [0.717, 1.165) is 6.42 Å². The van der Waals surface area contributed by atoms with E-state index in [4.69, 9.17) is 9.47 Å². The van der Waals surface area contributed by atoms with Crippen LogP contribution in [0, 0.1) is 0 Å². The Morgan fingerprint density at radius 1 is 1.44 bits per heavy atom. The van der Waals surface area contributed by atoms with Crippen LogP contribution in [0.25, 0.3) is 0 Å². The predicted molar refractivity (Wildman–Crippen MR) is 63.4 cm³/mol. The quantitative estimate of drug-likeness (QED) is 0.718. The summed E-state index contributed by atoms with van der Waals surface area (Å²) < 4.78 is 10.8. The summed E-state index contributed by atoms with van der Waals surface area (Å²) in [5.41, 5.74) is 0.569. The lowest BCUT2D eigenvalue weighted by atomic mass is 10.1. The maximum atomic E-state index is 11.5. The Hall–Kier alpha value is -1.51. The number of hydrogen-bond donors (Lipinski definition) is 0. The smallest absolute Gasteiger partial charge is 0.163 e. The number of ether oxygens (including phenoxy) is 2. The first kappa shape index (κ1) is 12.6. The minimum absolute atomic E-state index is 0.0165. The topological polar surface area (TPSA) is 35.5 Å². The molecule has 0 aliphatic rings. The Kier molecular flexibility index (Phi) is 4.35. The van der Waals surface area contributed by atoms with Crippen molar-refractivity contribution in [2.45, 2.75) is 33.3 Å². The van der Waals surface area contributed by atoms with E-state index in [2.05, 4.69) is 0 Å². The van der Waals surface area contributed by atoms with Crippen LogP contribution in [0.15, 0.2) is 18.2 Å². The van der Waals surface area contributed by atoms with Gasteiger partial charge in [-0.25, -0.2) is 0 Å². The molecule has 0 saturated heterocycles. The van der Waals surface area contributed by atoms with E-state index in [1.807, 2.05) is 13.8 Å². The van der Waals surface area contributed by atoms with Crippen LogP contribution in [-0.4, -0.2) is 19.0 Å². The van der Waals surface area contributed by atoms with E-state index >= 15 is 0 Å². The number of rotatable bonds is 5. The summed E-state index contributed by atoms with van der Waals surface area (Å²) in [6.45, 7) is 5.55. The Morgan fingerprint density at radius 2 is 2.12 bits per heavy atom. The number of carbonyl (C=O) groups is 1. The molecule has 0 unspecified atom stereocenters. The van der Waals surface area contributed by atoms with Crippen molar-refractivity contribution in [3.63, 3.8) is 0 Å². The van der Waals surface area contributed by atoms with Crippen LogP contribution in [0.4, 0.5) is 0 Å². The minimum atomic E-state index is -0.0165. The third kappa shape index (κ3) is 2.99. The molecule has 3 nitrogen and oxygen atoms in total. The molecule has 0 amide bonds. The van der Waals surface area contributed by atoms with Gasteiger partial charge in [0.25, 0.3) is 0 Å². The number of ketones is 1. The molecule has 0 heterocycles. The van der Waals surface area contributed by atoms with E-state index in [9.17, 15) is 4.79 Å². The molecule has 0 radical (unpaired) electrons. The van der Waals surface area contributed by atoms with Gasteiger partial charge in [0.1, 0.15) is 11.5 Å². The molecule has 1 rings (SSSR count). The zero-order valence-electron chi connectivity index (χ0n) is 10.2. The van der Waals surface area contributed by atoms with Crippen molar-refractivity contribution >= 4 is 5.78 Å². The van der Waals surface area contributed by atoms with Gasteiger partial charge in [0.2, 0.25) is 0 Å². The Balaban J connectivity index is 3.03. The summed E-state index contributed by atoms with van der Waals surface area (Å²) in [6.07, 6.45) is 1.01. The van der Waals surface area contributed by atoms with Crippen molar-refractivity contribution in [3.8, 4) is 11.5 Å². The van der Waals surface area contributed by atoms with Crippen LogP contribution in [0.2, 0.25) is 0 Å². The van der Waals surface area contributed by atoms with Gasteiger partial charge in [-0.05, 0) is 38.5 Å². The van der Waals surface area contributed by atoms with E-state index in [-0.39, 0.29) is 11.9 Å². The molecule has 0 N–H and O–H groups in total. The molecule has 1 atom stereocenters. The average Bonchev–Trinajstić information content (AvgIpc) is 2.29. The van der Waals surface area contributed by atoms with Crippen molar-refractivity contribution in [3.05, 3.63) is 23.8 Å². The van der Waals surface area contributed by atoms with Gasteiger partial charge in [0.15, 0.2) is 5.78 Å². The standard InChI is InChI=1S/C13H18O3/c1-5-9(2)16-13-7-6-11(15-4)8-12(13)10(3)14/h6-9H,5H2,1-4H3/t9-/m0/s1. The zero-order chi connectivity index (χ0) is 12.1. The fourth-order valence-electron chi connectivity index (χ4n) is 1.31. The molecule has 0 aromatic heterocycles. The van der Waals surface area contributed by atoms with Gasteiger partial charge in [0, 0.05) is 0 Å². The van der Waals surface area contributed by atoms with Gasteiger partial charge >= 0.3 is 0 Å². The second-order valence-corrected chi connectivity index (χ2v) is 3.75. The summed E-state index contributed by atoms with van der Waals surface area (Å²) in [5, 5.41) is 0. The summed E-state index contributed by atoms with van der Waals surface area (Å²) in [6, 6.07) is 5.28. The first-order valence-electron chi connectivity index (χ1n) is 5.44. The Labute approximate surface area is 96.4 Å². The van der Waals surface area contributed by atoms with Crippen LogP contribution >= 0.6 is 0 Å². The van der Waals surface area contributed by atoms with Crippen LogP contribution in [0.5, 0.6) is 11.5 Å². The van der Waals surface area contributed by atoms with Crippen LogP contribution in [0.3, 0.4) is 0 Å². The lowest BCUT2D eigenvalue weighted by Gasteiger charge is -2.15. The average molecular weight is 222 g/mol. The largest absolute Gasteiger partial charge is 0.497 e. The van der Waals surface area contributed by atoms with Crippen molar-refractivity contribution in [2.75, 3.05) is 7.11 Å². The number of methoxy groups -OCH3 is 1. The zero-order valence-corrected chi connectivity index (χ0v) is 10.2. The monoisotopic (exact) mass is 222 g/mol. The predicted octanol–water partition coefficient (Wildman–Crippen LogP) is 3.08. The van der Waals surface area contributed by atoms with Gasteiger partial charge in [-0.3, -0.25) is 4.79 Å². The molecular weight excluding hydrogens is 204 g/mol. The van der Waals surface area contributed by atoms with Gasteiger partial charge in [-0.2, -0.15) is 0 Å². The molecule has 16 heavy (non-hydrogen) atoms. The third-order valence-corrected chi connectivity index (χ3v) is 2.47. The van der Waals surface area contributed by atoms with Crippen molar-refractivity contribution in [1.29, 1.82) is 0 Å². The van der Waals surface area contributed by atoms with Crippen LogP contribution in [-0.2, 0) is 0 Å². The number of Topliss-reactive ketones (excluding diaryl/α,β-unsaturated/α-hetero) is 1. The second-order valence-electron chi connectivity index (χ2n) is 3.75. The minimum Gasteiger partial charge on any atom is -0.497 e. The van der Waals surface area contributed by atoms with Crippen LogP contribution in [0.1, 0.15) is 37.6 Å². The molecule has 0 bridgehead atoms. The normalized spacial score (nSPS) is 12.0. The molecule has 0 fully saturated rings. The van der Waals surface area contributed by atoms with Gasteiger partial charge < -0.3 is 9.47 Å². The highest BCUT2D eigenvalue weighted by Crippen LogP contribution is 2.25. The second kappa shape index (κ2) is 5.54. The highest BCUT2D eigenvalue weighted by molar-refractivity contribution is 5.97.